The second-order valence-electron chi connectivity index (χ2n) is 8.83. The quantitative estimate of drug-likeness (QED) is 0.543. The highest BCUT2D eigenvalue weighted by atomic mass is 16.2. The first-order valence-corrected chi connectivity index (χ1v) is 11.8. The van der Waals surface area contributed by atoms with Crippen LogP contribution in [-0.4, -0.2) is 38.8 Å². The first kappa shape index (κ1) is 21.3. The summed E-state index contributed by atoms with van der Waals surface area (Å²) < 4.78 is 0. The van der Waals surface area contributed by atoms with Crippen LogP contribution in [0.4, 0.5) is 11.5 Å². The summed E-state index contributed by atoms with van der Waals surface area (Å²) in [7, 11) is 0. The molecule has 1 fully saturated rings. The van der Waals surface area contributed by atoms with Gasteiger partial charge in [0.2, 0.25) is 5.91 Å². The number of aromatic nitrogens is 3. The number of piperidine rings is 1. The molecule has 0 radical (unpaired) electrons. The Morgan fingerprint density at radius 3 is 2.64 bits per heavy atom. The van der Waals surface area contributed by atoms with E-state index >= 15 is 0 Å². The molecule has 1 aromatic carbocycles. The fourth-order valence-electron chi connectivity index (χ4n) is 4.72. The van der Waals surface area contributed by atoms with Crippen molar-refractivity contribution in [3.05, 3.63) is 78.9 Å². The van der Waals surface area contributed by atoms with Crippen LogP contribution in [0.1, 0.15) is 43.8 Å². The fourth-order valence-corrected chi connectivity index (χ4v) is 4.72. The van der Waals surface area contributed by atoms with Gasteiger partial charge in [-0.2, -0.15) is 0 Å². The molecule has 0 bridgehead atoms. The highest BCUT2D eigenvalue weighted by Gasteiger charge is 2.31. The maximum absolute atomic E-state index is 13.2. The molecule has 0 unspecified atom stereocenters. The van der Waals surface area contributed by atoms with E-state index in [0.717, 1.165) is 67.2 Å². The standard InChI is InChI=1S/C27H29N5O/c33-27(21-8-3-1-4-9-21)32-17-7-10-22(19-32)26-30-24(20-13-15-28-16-14-20)18-25(31-26)29-23-11-5-2-6-12-23/h1-3,5-6,11-16,18,21-22H,4,7-10,17,19H2,(H,29,30,31)/t21-,22+/m0/s1. The van der Waals surface area contributed by atoms with Crippen molar-refractivity contribution in [3.63, 3.8) is 0 Å². The van der Waals surface area contributed by atoms with E-state index in [1.54, 1.807) is 12.4 Å². The Balaban J connectivity index is 1.42. The number of carbonyl (C=O) groups excluding carboxylic acids is 1. The van der Waals surface area contributed by atoms with Gasteiger partial charge >= 0.3 is 0 Å². The van der Waals surface area contributed by atoms with Crippen LogP contribution in [0.3, 0.4) is 0 Å². The molecule has 1 aliphatic carbocycles. The third-order valence-corrected chi connectivity index (χ3v) is 6.48. The highest BCUT2D eigenvalue weighted by Crippen LogP contribution is 2.31. The Bertz CT molecular complexity index is 1120. The number of benzene rings is 1. The first-order chi connectivity index (χ1) is 16.3. The van der Waals surface area contributed by atoms with Gasteiger partial charge in [0.1, 0.15) is 11.6 Å². The number of likely N-dealkylation sites (tertiary alicyclic amines) is 1. The van der Waals surface area contributed by atoms with Crippen LogP contribution in [-0.2, 0) is 4.79 Å². The molecule has 33 heavy (non-hydrogen) atoms. The second-order valence-corrected chi connectivity index (χ2v) is 8.83. The van der Waals surface area contributed by atoms with Gasteiger partial charge in [-0.1, -0.05) is 30.4 Å². The van der Waals surface area contributed by atoms with Gasteiger partial charge in [0.05, 0.1) is 5.69 Å². The number of para-hydroxylation sites is 1. The fraction of sp³-hybridized carbons (Fsp3) is 0.333. The lowest BCUT2D eigenvalue weighted by Gasteiger charge is -2.35. The maximum Gasteiger partial charge on any atom is 0.226 e. The summed E-state index contributed by atoms with van der Waals surface area (Å²) in [6.07, 6.45) is 12.7. The molecule has 2 atom stereocenters. The molecular weight excluding hydrogens is 410 g/mol. The van der Waals surface area contributed by atoms with E-state index in [9.17, 15) is 4.79 Å². The van der Waals surface area contributed by atoms with Crippen molar-refractivity contribution in [2.75, 3.05) is 18.4 Å². The van der Waals surface area contributed by atoms with Crippen molar-refractivity contribution in [3.8, 4) is 11.3 Å². The SMILES string of the molecule is O=C([C@H]1CC=CCC1)N1CCC[C@@H](c2nc(Nc3ccccc3)cc(-c3ccncc3)n2)C1. The number of nitrogens with one attached hydrogen (secondary N) is 1. The van der Waals surface area contributed by atoms with Gasteiger partial charge in [-0.25, -0.2) is 9.97 Å². The molecule has 6 nitrogen and oxygen atoms in total. The number of nitrogens with zero attached hydrogens (tertiary/aromatic N) is 4. The van der Waals surface area contributed by atoms with E-state index in [-0.39, 0.29) is 17.7 Å². The van der Waals surface area contributed by atoms with E-state index < -0.39 is 0 Å². The zero-order chi connectivity index (χ0) is 22.5. The van der Waals surface area contributed by atoms with Gasteiger partial charge in [-0.3, -0.25) is 9.78 Å². The molecule has 3 heterocycles. The molecule has 2 aromatic heterocycles. The lowest BCUT2D eigenvalue weighted by molar-refractivity contribution is -0.137. The van der Waals surface area contributed by atoms with Crippen molar-refractivity contribution in [2.24, 2.45) is 5.92 Å². The van der Waals surface area contributed by atoms with Crippen molar-refractivity contribution >= 4 is 17.4 Å². The van der Waals surface area contributed by atoms with Gasteiger partial charge in [-0.15, -0.1) is 0 Å². The number of anilines is 2. The number of hydrogen-bond donors (Lipinski definition) is 1. The second kappa shape index (κ2) is 9.94. The molecular formula is C27H29N5O. The molecule has 3 aromatic rings. The highest BCUT2D eigenvalue weighted by molar-refractivity contribution is 5.79. The predicted molar refractivity (Wildman–Crippen MR) is 130 cm³/mol. The van der Waals surface area contributed by atoms with Gasteiger partial charge in [0.15, 0.2) is 0 Å². The normalized spacial score (nSPS) is 20.4. The minimum atomic E-state index is 0.119. The number of rotatable bonds is 5. The first-order valence-electron chi connectivity index (χ1n) is 11.8. The third-order valence-electron chi connectivity index (χ3n) is 6.48. The molecule has 0 saturated carbocycles. The van der Waals surface area contributed by atoms with Gasteiger partial charge in [0.25, 0.3) is 0 Å². The van der Waals surface area contributed by atoms with Gasteiger partial charge in [0, 0.05) is 54.6 Å². The van der Waals surface area contributed by atoms with Gasteiger partial charge < -0.3 is 10.2 Å². The third kappa shape index (κ3) is 5.11. The van der Waals surface area contributed by atoms with Crippen LogP contribution in [0.2, 0.25) is 0 Å². The Morgan fingerprint density at radius 1 is 1.00 bits per heavy atom. The largest absolute Gasteiger partial charge is 0.342 e. The van der Waals surface area contributed by atoms with Crippen LogP contribution in [0.15, 0.2) is 73.1 Å². The maximum atomic E-state index is 13.2. The summed E-state index contributed by atoms with van der Waals surface area (Å²) in [5, 5.41) is 3.42. The molecule has 0 spiro atoms. The van der Waals surface area contributed by atoms with Crippen molar-refractivity contribution in [2.45, 2.75) is 38.0 Å². The summed E-state index contributed by atoms with van der Waals surface area (Å²) >= 11 is 0. The minimum Gasteiger partial charge on any atom is -0.342 e. The molecule has 2 aliphatic rings. The van der Waals surface area contributed by atoms with Crippen LogP contribution >= 0.6 is 0 Å². The molecule has 1 aliphatic heterocycles. The van der Waals surface area contributed by atoms with E-state index in [1.165, 1.54) is 0 Å². The summed E-state index contributed by atoms with van der Waals surface area (Å²) in [5.41, 5.74) is 2.85. The molecule has 168 valence electrons. The van der Waals surface area contributed by atoms with E-state index in [2.05, 4.69) is 22.5 Å². The Labute approximate surface area is 194 Å². The summed E-state index contributed by atoms with van der Waals surface area (Å²) in [6, 6.07) is 15.9. The number of hydrogen-bond acceptors (Lipinski definition) is 5. The zero-order valence-corrected chi connectivity index (χ0v) is 18.7. The number of amides is 1. The van der Waals surface area contributed by atoms with E-state index in [1.807, 2.05) is 53.4 Å². The lowest BCUT2D eigenvalue weighted by Crippen LogP contribution is -2.42. The Morgan fingerprint density at radius 2 is 1.85 bits per heavy atom. The average Bonchev–Trinajstić information content (AvgIpc) is 2.90. The van der Waals surface area contributed by atoms with Crippen LogP contribution < -0.4 is 5.32 Å². The lowest BCUT2D eigenvalue weighted by atomic mass is 9.90. The van der Waals surface area contributed by atoms with Crippen LogP contribution in [0, 0.1) is 5.92 Å². The monoisotopic (exact) mass is 439 g/mol. The topological polar surface area (TPSA) is 71.0 Å². The zero-order valence-electron chi connectivity index (χ0n) is 18.7. The number of pyridine rings is 1. The summed E-state index contributed by atoms with van der Waals surface area (Å²) in [4.78, 5) is 29.2. The molecule has 1 amide bonds. The van der Waals surface area contributed by atoms with Crippen molar-refractivity contribution in [1.29, 1.82) is 0 Å². The van der Waals surface area contributed by atoms with E-state index in [4.69, 9.17) is 9.97 Å². The summed E-state index contributed by atoms with van der Waals surface area (Å²) in [5.74, 6) is 2.09. The summed E-state index contributed by atoms with van der Waals surface area (Å²) in [6.45, 7) is 1.51. The Hall–Kier alpha value is -3.54. The van der Waals surface area contributed by atoms with E-state index in [0.29, 0.717) is 6.54 Å². The number of carbonyl (C=O) groups is 1. The predicted octanol–water partition coefficient (Wildman–Crippen LogP) is 5.34. The van der Waals surface area contributed by atoms with Crippen LogP contribution in [0.25, 0.3) is 11.3 Å². The smallest absolute Gasteiger partial charge is 0.226 e. The number of allylic oxidation sites excluding steroid dienone is 2. The average molecular weight is 440 g/mol. The van der Waals surface area contributed by atoms with Crippen molar-refractivity contribution < 1.29 is 4.79 Å². The van der Waals surface area contributed by atoms with Crippen molar-refractivity contribution in [1.82, 2.24) is 19.9 Å². The minimum absolute atomic E-state index is 0.119. The van der Waals surface area contributed by atoms with Gasteiger partial charge in [-0.05, 0) is 56.4 Å². The molecule has 1 saturated heterocycles. The molecule has 1 N–H and O–H groups in total. The Kier molecular flexibility index (Phi) is 6.42. The molecule has 6 heteroatoms. The van der Waals surface area contributed by atoms with Crippen LogP contribution in [0.5, 0.6) is 0 Å². The molecule has 5 rings (SSSR count).